The Hall–Kier alpha value is -1.26. The Morgan fingerprint density at radius 3 is 2.67 bits per heavy atom. The van der Waals surface area contributed by atoms with Crippen molar-refractivity contribution in [3.8, 4) is 0 Å². The topological polar surface area (TPSA) is 74.4 Å². The molecule has 0 fully saturated rings. The van der Waals surface area contributed by atoms with Crippen molar-refractivity contribution in [1.82, 2.24) is 0 Å². The standard InChI is InChI=1S/C4H5N3O2/c1-4(3(8)9)5-2-6-7-4/h2H,1H3,(H,8,9). The van der Waals surface area contributed by atoms with Gasteiger partial charge in [0.1, 0.15) is 6.34 Å². The predicted molar refractivity (Wildman–Crippen MR) is 29.4 cm³/mol. The molecular weight excluding hydrogens is 122 g/mol. The summed E-state index contributed by atoms with van der Waals surface area (Å²) in [5.74, 6) is -1.08. The van der Waals surface area contributed by atoms with Crippen molar-refractivity contribution in [3.05, 3.63) is 0 Å². The molecule has 48 valence electrons. The minimum atomic E-state index is -1.36. The van der Waals surface area contributed by atoms with E-state index >= 15 is 0 Å². The number of rotatable bonds is 1. The molecule has 1 aliphatic rings. The number of aliphatic imine (C=N–C) groups is 1. The molecule has 0 aromatic heterocycles. The number of azo groups is 1. The number of carbonyl (C=O) groups is 1. The second kappa shape index (κ2) is 1.61. The smallest absolute Gasteiger partial charge is 0.356 e. The Morgan fingerprint density at radius 2 is 2.44 bits per heavy atom. The lowest BCUT2D eigenvalue weighted by Crippen LogP contribution is -2.28. The van der Waals surface area contributed by atoms with E-state index in [2.05, 4.69) is 15.2 Å². The molecule has 5 heteroatoms. The summed E-state index contributed by atoms with van der Waals surface area (Å²) in [5.41, 5.74) is -1.36. The summed E-state index contributed by atoms with van der Waals surface area (Å²) in [5, 5.41) is 15.1. The second-order valence-electron chi connectivity index (χ2n) is 1.79. The van der Waals surface area contributed by atoms with Gasteiger partial charge in [-0.05, 0) is 6.92 Å². The number of nitrogens with zero attached hydrogens (tertiary/aromatic N) is 3. The van der Waals surface area contributed by atoms with Gasteiger partial charge in [-0.2, -0.15) is 0 Å². The minimum Gasteiger partial charge on any atom is -0.478 e. The number of carboxylic acid groups (broad SMARTS) is 1. The third-order valence-corrected chi connectivity index (χ3v) is 1.02. The maximum atomic E-state index is 10.3. The van der Waals surface area contributed by atoms with Crippen LogP contribution in [-0.4, -0.2) is 23.1 Å². The van der Waals surface area contributed by atoms with Gasteiger partial charge in [-0.1, -0.05) is 0 Å². The lowest BCUT2D eigenvalue weighted by molar-refractivity contribution is -0.142. The fourth-order valence-electron chi connectivity index (χ4n) is 0.400. The van der Waals surface area contributed by atoms with Crippen LogP contribution >= 0.6 is 0 Å². The first kappa shape index (κ1) is 5.87. The molecule has 1 heterocycles. The molecule has 0 spiro atoms. The predicted octanol–water partition coefficient (Wildman–Crippen LogP) is 0.281. The van der Waals surface area contributed by atoms with E-state index in [4.69, 9.17) is 5.11 Å². The van der Waals surface area contributed by atoms with Crippen LogP contribution in [0.2, 0.25) is 0 Å². The van der Waals surface area contributed by atoms with Crippen LogP contribution in [0.5, 0.6) is 0 Å². The van der Waals surface area contributed by atoms with Gasteiger partial charge in [0.05, 0.1) is 0 Å². The van der Waals surface area contributed by atoms with E-state index < -0.39 is 11.6 Å². The van der Waals surface area contributed by atoms with Gasteiger partial charge in [0, 0.05) is 0 Å². The van der Waals surface area contributed by atoms with Crippen molar-refractivity contribution in [2.24, 2.45) is 15.2 Å². The molecule has 0 saturated heterocycles. The van der Waals surface area contributed by atoms with E-state index in [9.17, 15) is 4.79 Å². The summed E-state index contributed by atoms with van der Waals surface area (Å²) in [7, 11) is 0. The Morgan fingerprint density at radius 1 is 1.78 bits per heavy atom. The summed E-state index contributed by atoms with van der Waals surface area (Å²) in [6.07, 6.45) is 1.13. The molecule has 1 N–H and O–H groups in total. The molecule has 0 aliphatic carbocycles. The summed E-state index contributed by atoms with van der Waals surface area (Å²) < 4.78 is 0. The van der Waals surface area contributed by atoms with Gasteiger partial charge in [-0.15, -0.1) is 10.2 Å². The largest absolute Gasteiger partial charge is 0.478 e. The molecule has 0 aromatic rings. The highest BCUT2D eigenvalue weighted by Crippen LogP contribution is 2.15. The van der Waals surface area contributed by atoms with Gasteiger partial charge in [0.15, 0.2) is 0 Å². The van der Waals surface area contributed by atoms with Crippen molar-refractivity contribution in [2.75, 3.05) is 0 Å². The van der Waals surface area contributed by atoms with Crippen LogP contribution in [0.3, 0.4) is 0 Å². The van der Waals surface area contributed by atoms with Crippen LogP contribution in [0.4, 0.5) is 0 Å². The lowest BCUT2D eigenvalue weighted by Gasteiger charge is -2.06. The molecule has 1 atom stereocenters. The second-order valence-corrected chi connectivity index (χ2v) is 1.79. The molecule has 1 aliphatic heterocycles. The van der Waals surface area contributed by atoms with Gasteiger partial charge >= 0.3 is 5.97 Å². The third kappa shape index (κ3) is 0.802. The van der Waals surface area contributed by atoms with E-state index in [0.717, 1.165) is 6.34 Å². The number of carboxylic acids is 1. The summed E-state index contributed by atoms with van der Waals surface area (Å²) in [6.45, 7) is 1.38. The van der Waals surface area contributed by atoms with E-state index in [1.807, 2.05) is 0 Å². The van der Waals surface area contributed by atoms with Crippen molar-refractivity contribution in [2.45, 2.75) is 12.6 Å². The Kier molecular flexibility index (Phi) is 1.05. The molecule has 5 nitrogen and oxygen atoms in total. The van der Waals surface area contributed by atoms with E-state index in [1.54, 1.807) is 0 Å². The monoisotopic (exact) mass is 127 g/mol. The zero-order valence-corrected chi connectivity index (χ0v) is 4.77. The summed E-state index contributed by atoms with van der Waals surface area (Å²) in [4.78, 5) is 13.8. The normalized spacial score (nSPS) is 31.2. The highest BCUT2D eigenvalue weighted by Gasteiger charge is 2.33. The van der Waals surface area contributed by atoms with Crippen molar-refractivity contribution >= 4 is 12.3 Å². The zero-order chi connectivity index (χ0) is 6.91. The summed E-state index contributed by atoms with van der Waals surface area (Å²) in [6, 6.07) is 0. The highest BCUT2D eigenvalue weighted by atomic mass is 16.4. The van der Waals surface area contributed by atoms with Crippen LogP contribution in [0.1, 0.15) is 6.92 Å². The first-order valence-corrected chi connectivity index (χ1v) is 2.34. The molecule has 1 rings (SSSR count). The first-order valence-electron chi connectivity index (χ1n) is 2.34. The van der Waals surface area contributed by atoms with E-state index in [0.29, 0.717) is 0 Å². The van der Waals surface area contributed by atoms with Gasteiger partial charge in [-0.3, -0.25) is 0 Å². The number of aliphatic carboxylic acids is 1. The maximum Gasteiger partial charge on any atom is 0.356 e. The lowest BCUT2D eigenvalue weighted by atomic mass is 10.2. The SMILES string of the molecule is CC1(C(=O)O)N=CN=N1. The minimum absolute atomic E-state index is 1.08. The van der Waals surface area contributed by atoms with Crippen LogP contribution < -0.4 is 0 Å². The molecule has 0 aromatic carbocycles. The Labute approximate surface area is 51.1 Å². The number of hydrogen-bond acceptors (Lipinski definition) is 4. The average Bonchev–Trinajstić information content (AvgIpc) is 2.16. The molecule has 1 unspecified atom stereocenters. The summed E-state index contributed by atoms with van der Waals surface area (Å²) >= 11 is 0. The third-order valence-electron chi connectivity index (χ3n) is 1.02. The Bertz CT molecular complexity index is 184. The molecule has 0 bridgehead atoms. The van der Waals surface area contributed by atoms with Crippen LogP contribution in [0, 0.1) is 0 Å². The van der Waals surface area contributed by atoms with Crippen LogP contribution in [-0.2, 0) is 4.79 Å². The first-order chi connectivity index (χ1) is 4.15. The molecular formula is C4H5N3O2. The quantitative estimate of drug-likeness (QED) is 0.549. The molecule has 0 saturated carbocycles. The van der Waals surface area contributed by atoms with Gasteiger partial charge < -0.3 is 5.11 Å². The molecule has 0 amide bonds. The van der Waals surface area contributed by atoms with Gasteiger partial charge in [-0.25, -0.2) is 9.79 Å². The van der Waals surface area contributed by atoms with E-state index in [-0.39, 0.29) is 0 Å². The fourth-order valence-corrected chi connectivity index (χ4v) is 0.400. The zero-order valence-electron chi connectivity index (χ0n) is 4.77. The number of hydrogen-bond donors (Lipinski definition) is 1. The highest BCUT2D eigenvalue weighted by molar-refractivity contribution is 5.81. The Balaban J connectivity index is 2.88. The van der Waals surface area contributed by atoms with Crippen molar-refractivity contribution < 1.29 is 9.90 Å². The van der Waals surface area contributed by atoms with Gasteiger partial charge in [0.25, 0.3) is 5.66 Å². The molecule has 9 heavy (non-hydrogen) atoms. The molecule has 0 radical (unpaired) electrons. The van der Waals surface area contributed by atoms with Gasteiger partial charge in [0.2, 0.25) is 0 Å². The average molecular weight is 127 g/mol. The van der Waals surface area contributed by atoms with Crippen molar-refractivity contribution in [1.29, 1.82) is 0 Å². The van der Waals surface area contributed by atoms with Crippen LogP contribution in [0.25, 0.3) is 0 Å². The maximum absolute atomic E-state index is 10.3. The van der Waals surface area contributed by atoms with E-state index in [1.165, 1.54) is 6.92 Å². The van der Waals surface area contributed by atoms with Crippen LogP contribution in [0.15, 0.2) is 15.2 Å². The fraction of sp³-hybridized carbons (Fsp3) is 0.500. The van der Waals surface area contributed by atoms with Crippen molar-refractivity contribution in [3.63, 3.8) is 0 Å².